The third kappa shape index (κ3) is 5.35. The lowest BCUT2D eigenvalue weighted by Crippen LogP contribution is -2.52. The molecule has 29 heavy (non-hydrogen) atoms. The molecule has 1 saturated heterocycles. The van der Waals surface area contributed by atoms with Gasteiger partial charge in [0.15, 0.2) is 0 Å². The Morgan fingerprint density at radius 3 is 2.38 bits per heavy atom. The highest BCUT2D eigenvalue weighted by atomic mass is 32.2. The van der Waals surface area contributed by atoms with Crippen molar-refractivity contribution in [3.05, 3.63) is 65.5 Å². The van der Waals surface area contributed by atoms with Crippen molar-refractivity contribution in [1.82, 2.24) is 10.2 Å². The first-order valence-electron chi connectivity index (χ1n) is 9.12. The van der Waals surface area contributed by atoms with E-state index in [-0.39, 0.29) is 28.8 Å². The molecule has 0 spiro atoms. The Morgan fingerprint density at radius 1 is 1.14 bits per heavy atom. The van der Waals surface area contributed by atoms with Crippen LogP contribution in [0.4, 0.5) is 10.1 Å². The third-order valence-corrected chi connectivity index (χ3v) is 5.84. The molecule has 1 heterocycles. The molecule has 1 fully saturated rings. The summed E-state index contributed by atoms with van der Waals surface area (Å²) in [7, 11) is 3.34. The van der Waals surface area contributed by atoms with E-state index < -0.39 is 6.04 Å². The molecule has 0 unspecified atom stereocenters. The molecule has 0 radical (unpaired) electrons. The van der Waals surface area contributed by atoms with Crippen LogP contribution < -0.4 is 10.6 Å². The van der Waals surface area contributed by atoms with Gasteiger partial charge < -0.3 is 15.5 Å². The van der Waals surface area contributed by atoms with E-state index in [1.165, 1.54) is 28.8 Å². The Bertz CT molecular complexity index is 900. The minimum Gasteiger partial charge on any atom is -0.345 e. The summed E-state index contributed by atoms with van der Waals surface area (Å²) in [6.07, 6.45) is 0.479. The number of anilines is 1. The monoisotopic (exact) mass is 415 g/mol. The Balaban J connectivity index is 1.54. The average Bonchev–Trinajstić information content (AvgIpc) is 2.71. The van der Waals surface area contributed by atoms with Crippen molar-refractivity contribution in [2.24, 2.45) is 0 Å². The molecule has 1 aliphatic heterocycles. The number of benzene rings is 2. The molecule has 6 nitrogen and oxygen atoms in total. The molecule has 0 bridgehead atoms. The number of hydrogen-bond donors (Lipinski definition) is 2. The standard InChI is InChI=1S/C21H22FN3O3S/c1-25(2)21(28)14-5-9-16(10-6-14)23-19(26)17-12-29-18(20(27)24-17)11-13-3-7-15(22)8-4-13/h3-10,17-18H,11-12H2,1-2H3,(H,23,26)(H,24,27)/t17-,18+/m0/s1. The summed E-state index contributed by atoms with van der Waals surface area (Å²) in [5.41, 5.74) is 1.95. The van der Waals surface area contributed by atoms with Crippen LogP contribution in [0, 0.1) is 5.82 Å². The molecule has 0 aromatic heterocycles. The number of hydrogen-bond acceptors (Lipinski definition) is 4. The first-order valence-corrected chi connectivity index (χ1v) is 10.2. The van der Waals surface area contributed by atoms with Gasteiger partial charge in [-0.25, -0.2) is 4.39 Å². The summed E-state index contributed by atoms with van der Waals surface area (Å²) in [6.45, 7) is 0. The van der Waals surface area contributed by atoms with Crippen LogP contribution in [0.5, 0.6) is 0 Å². The van der Waals surface area contributed by atoms with Gasteiger partial charge in [-0.05, 0) is 48.4 Å². The van der Waals surface area contributed by atoms with Gasteiger partial charge in [-0.3, -0.25) is 14.4 Å². The summed E-state index contributed by atoms with van der Waals surface area (Å²) in [5.74, 6) is -0.507. The van der Waals surface area contributed by atoms with Crippen LogP contribution in [0.1, 0.15) is 15.9 Å². The van der Waals surface area contributed by atoms with Gasteiger partial charge in [0.2, 0.25) is 11.8 Å². The normalized spacial score (nSPS) is 18.7. The summed E-state index contributed by atoms with van der Waals surface area (Å²) in [4.78, 5) is 38.3. The predicted molar refractivity (Wildman–Crippen MR) is 111 cm³/mol. The number of nitrogens with one attached hydrogen (secondary N) is 2. The molecule has 2 N–H and O–H groups in total. The number of carbonyl (C=O) groups excluding carboxylic acids is 3. The quantitative estimate of drug-likeness (QED) is 0.786. The molecular weight excluding hydrogens is 393 g/mol. The Morgan fingerprint density at radius 2 is 1.79 bits per heavy atom. The van der Waals surface area contributed by atoms with Gasteiger partial charge in [0, 0.05) is 31.1 Å². The van der Waals surface area contributed by atoms with Crippen molar-refractivity contribution < 1.29 is 18.8 Å². The Hall–Kier alpha value is -2.87. The predicted octanol–water partition coefficient (Wildman–Crippen LogP) is 2.31. The van der Waals surface area contributed by atoms with Crippen molar-refractivity contribution in [1.29, 1.82) is 0 Å². The minimum absolute atomic E-state index is 0.119. The van der Waals surface area contributed by atoms with Crippen molar-refractivity contribution in [2.45, 2.75) is 17.7 Å². The molecule has 3 rings (SSSR count). The zero-order chi connectivity index (χ0) is 21.0. The van der Waals surface area contributed by atoms with Crippen LogP contribution in [0.2, 0.25) is 0 Å². The van der Waals surface area contributed by atoms with E-state index in [9.17, 15) is 18.8 Å². The molecule has 152 valence electrons. The van der Waals surface area contributed by atoms with Crippen molar-refractivity contribution >= 4 is 35.2 Å². The second kappa shape index (κ2) is 9.09. The van der Waals surface area contributed by atoms with Gasteiger partial charge in [-0.15, -0.1) is 11.8 Å². The summed E-state index contributed by atoms with van der Waals surface area (Å²) in [6, 6.07) is 12.0. The maximum absolute atomic E-state index is 13.0. The third-order valence-electron chi connectivity index (χ3n) is 4.53. The SMILES string of the molecule is CN(C)C(=O)c1ccc(NC(=O)[C@@H]2CS[C@H](Cc3ccc(F)cc3)C(=O)N2)cc1. The molecule has 3 amide bonds. The lowest BCUT2D eigenvalue weighted by atomic mass is 10.1. The van der Waals surface area contributed by atoms with Gasteiger partial charge >= 0.3 is 0 Å². The zero-order valence-electron chi connectivity index (χ0n) is 16.1. The molecule has 2 aromatic rings. The second-order valence-electron chi connectivity index (χ2n) is 6.98. The van der Waals surface area contributed by atoms with Crippen LogP contribution in [0.25, 0.3) is 0 Å². The zero-order valence-corrected chi connectivity index (χ0v) is 17.0. The maximum Gasteiger partial charge on any atom is 0.253 e. The number of thioether (sulfide) groups is 1. The van der Waals surface area contributed by atoms with Crippen LogP contribution in [0.15, 0.2) is 48.5 Å². The first-order chi connectivity index (χ1) is 13.8. The summed E-state index contributed by atoms with van der Waals surface area (Å²) < 4.78 is 13.0. The maximum atomic E-state index is 13.0. The highest BCUT2D eigenvalue weighted by Gasteiger charge is 2.32. The number of rotatable bonds is 5. The minimum atomic E-state index is -0.639. The topological polar surface area (TPSA) is 78.5 Å². The van der Waals surface area contributed by atoms with Crippen LogP contribution >= 0.6 is 11.8 Å². The molecule has 0 aliphatic carbocycles. The average molecular weight is 415 g/mol. The van der Waals surface area contributed by atoms with Gasteiger partial charge in [0.25, 0.3) is 5.91 Å². The first kappa shape index (κ1) is 20.9. The smallest absolute Gasteiger partial charge is 0.253 e. The van der Waals surface area contributed by atoms with Gasteiger partial charge in [0.05, 0.1) is 5.25 Å². The van der Waals surface area contributed by atoms with Crippen LogP contribution in [-0.2, 0) is 16.0 Å². The fourth-order valence-electron chi connectivity index (χ4n) is 2.91. The molecule has 8 heteroatoms. The van der Waals surface area contributed by atoms with E-state index in [0.717, 1.165) is 5.56 Å². The highest BCUT2D eigenvalue weighted by Crippen LogP contribution is 2.23. The molecule has 2 atom stereocenters. The Labute approximate surface area is 172 Å². The number of carbonyl (C=O) groups is 3. The van der Waals surface area contributed by atoms with E-state index in [1.54, 1.807) is 50.5 Å². The van der Waals surface area contributed by atoms with E-state index in [1.807, 2.05) is 0 Å². The summed E-state index contributed by atoms with van der Waals surface area (Å²) >= 11 is 1.41. The lowest BCUT2D eigenvalue weighted by molar-refractivity contribution is -0.126. The highest BCUT2D eigenvalue weighted by molar-refractivity contribution is 8.00. The van der Waals surface area contributed by atoms with Crippen molar-refractivity contribution in [3.63, 3.8) is 0 Å². The molecule has 1 aliphatic rings. The summed E-state index contributed by atoms with van der Waals surface area (Å²) in [5, 5.41) is 5.20. The van der Waals surface area contributed by atoms with Gasteiger partial charge in [-0.1, -0.05) is 12.1 Å². The van der Waals surface area contributed by atoms with Gasteiger partial charge in [-0.2, -0.15) is 0 Å². The Kier molecular flexibility index (Phi) is 6.53. The van der Waals surface area contributed by atoms with E-state index >= 15 is 0 Å². The fraction of sp³-hybridized carbons (Fsp3) is 0.286. The number of halogens is 1. The molecule has 2 aromatic carbocycles. The second-order valence-corrected chi connectivity index (χ2v) is 8.22. The number of amides is 3. The largest absolute Gasteiger partial charge is 0.345 e. The fourth-order valence-corrected chi connectivity index (χ4v) is 4.09. The van der Waals surface area contributed by atoms with Crippen LogP contribution in [-0.4, -0.2) is 53.8 Å². The molecular formula is C21H22FN3O3S. The van der Waals surface area contributed by atoms with Crippen molar-refractivity contribution in [2.75, 3.05) is 25.2 Å². The van der Waals surface area contributed by atoms with E-state index in [2.05, 4.69) is 10.6 Å². The van der Waals surface area contributed by atoms with E-state index in [4.69, 9.17) is 0 Å². The lowest BCUT2D eigenvalue weighted by Gasteiger charge is -2.28. The van der Waals surface area contributed by atoms with E-state index in [0.29, 0.717) is 23.4 Å². The van der Waals surface area contributed by atoms with Crippen LogP contribution in [0.3, 0.4) is 0 Å². The van der Waals surface area contributed by atoms with Crippen molar-refractivity contribution in [3.8, 4) is 0 Å². The molecule has 0 saturated carbocycles. The number of nitrogens with zero attached hydrogens (tertiary/aromatic N) is 1. The van der Waals surface area contributed by atoms with Gasteiger partial charge in [0.1, 0.15) is 11.9 Å².